The third-order valence-electron chi connectivity index (χ3n) is 1.93. The molecule has 4 heteroatoms. The molecule has 70 valence electrons. The van der Waals surface area contributed by atoms with Crippen molar-refractivity contribution in [3.8, 4) is 5.75 Å². The molecule has 0 aliphatic rings. The highest BCUT2D eigenvalue weighted by molar-refractivity contribution is 5.78. The first kappa shape index (κ1) is 8.50. The molecule has 4 nitrogen and oxygen atoms in total. The van der Waals surface area contributed by atoms with E-state index >= 15 is 0 Å². The lowest BCUT2D eigenvalue weighted by molar-refractivity contribution is 0.471. The largest absolute Gasteiger partial charge is 0.504 e. The van der Waals surface area contributed by atoms with Crippen molar-refractivity contribution in [1.29, 1.82) is 0 Å². The number of aromatic hydroxyl groups is 1. The number of para-hydroxylation sites is 1. The van der Waals surface area contributed by atoms with Crippen LogP contribution < -0.4 is 11.0 Å². The topological polar surface area (TPSA) is 70.2 Å². The standard InChI is InChI=1S/C10H7NO3/c12-8-5-9(13)11-7-4-2-1-3-6(7)10(8)14/h1-5H,(H,11,13)(H,12,14). The number of H-pyrrole nitrogens is 1. The van der Waals surface area contributed by atoms with E-state index in [1.807, 2.05) is 0 Å². The molecule has 0 aliphatic carbocycles. The van der Waals surface area contributed by atoms with Gasteiger partial charge in [0.25, 0.3) is 5.56 Å². The Morgan fingerprint density at radius 2 is 1.86 bits per heavy atom. The van der Waals surface area contributed by atoms with Crippen LogP contribution in [0.3, 0.4) is 0 Å². The third kappa shape index (κ3) is 1.26. The Hall–Kier alpha value is -2.10. The Kier molecular flexibility index (Phi) is 1.81. The van der Waals surface area contributed by atoms with Crippen molar-refractivity contribution in [2.24, 2.45) is 0 Å². The minimum atomic E-state index is -0.543. The zero-order valence-corrected chi connectivity index (χ0v) is 7.15. The third-order valence-corrected chi connectivity index (χ3v) is 1.93. The lowest BCUT2D eigenvalue weighted by atomic mass is 10.2. The predicted molar refractivity (Wildman–Crippen MR) is 52.5 cm³/mol. The molecule has 2 rings (SSSR count). The number of aromatic nitrogens is 1. The lowest BCUT2D eigenvalue weighted by Gasteiger charge is -1.88. The summed E-state index contributed by atoms with van der Waals surface area (Å²) in [7, 11) is 0. The highest BCUT2D eigenvalue weighted by atomic mass is 16.3. The molecule has 0 bridgehead atoms. The quantitative estimate of drug-likeness (QED) is 0.637. The van der Waals surface area contributed by atoms with Crippen LogP contribution in [-0.4, -0.2) is 10.1 Å². The molecular formula is C10H7NO3. The van der Waals surface area contributed by atoms with Crippen LogP contribution in [0.1, 0.15) is 0 Å². The van der Waals surface area contributed by atoms with Crippen LogP contribution in [0.2, 0.25) is 0 Å². The molecule has 2 aromatic rings. The van der Waals surface area contributed by atoms with Crippen LogP contribution in [0.25, 0.3) is 10.9 Å². The summed E-state index contributed by atoms with van der Waals surface area (Å²) < 4.78 is 0. The first-order valence-corrected chi connectivity index (χ1v) is 4.04. The van der Waals surface area contributed by atoms with Crippen LogP contribution in [0.4, 0.5) is 0 Å². The van der Waals surface area contributed by atoms with Gasteiger partial charge in [0.05, 0.1) is 5.52 Å². The van der Waals surface area contributed by atoms with E-state index in [2.05, 4.69) is 4.98 Å². The van der Waals surface area contributed by atoms with Gasteiger partial charge in [0.2, 0.25) is 5.43 Å². The number of rotatable bonds is 0. The summed E-state index contributed by atoms with van der Waals surface area (Å²) in [5.74, 6) is -0.535. The second-order valence-corrected chi connectivity index (χ2v) is 2.89. The van der Waals surface area contributed by atoms with Gasteiger partial charge < -0.3 is 10.1 Å². The minimum Gasteiger partial charge on any atom is -0.504 e. The van der Waals surface area contributed by atoms with Crippen molar-refractivity contribution >= 4 is 10.9 Å². The maximum atomic E-state index is 11.5. The summed E-state index contributed by atoms with van der Waals surface area (Å²) >= 11 is 0. The SMILES string of the molecule is O=c1cc(O)c(=O)c2ccccc2[nH]1. The second kappa shape index (κ2) is 2.99. The van der Waals surface area contributed by atoms with Crippen molar-refractivity contribution < 1.29 is 5.11 Å². The summed E-state index contributed by atoms with van der Waals surface area (Å²) in [6.45, 7) is 0. The fraction of sp³-hybridized carbons (Fsp3) is 0. The Morgan fingerprint density at radius 3 is 2.64 bits per heavy atom. The molecule has 0 unspecified atom stereocenters. The van der Waals surface area contributed by atoms with Gasteiger partial charge in [-0.3, -0.25) is 9.59 Å². The van der Waals surface area contributed by atoms with Gasteiger partial charge in [-0.25, -0.2) is 0 Å². The molecule has 0 spiro atoms. The molecule has 0 fully saturated rings. The summed E-state index contributed by atoms with van der Waals surface area (Å²) in [4.78, 5) is 25.1. The zero-order valence-electron chi connectivity index (χ0n) is 7.15. The van der Waals surface area contributed by atoms with Crippen molar-refractivity contribution in [2.75, 3.05) is 0 Å². The summed E-state index contributed by atoms with van der Waals surface area (Å²) in [5.41, 5.74) is -0.623. The van der Waals surface area contributed by atoms with Crippen LogP contribution >= 0.6 is 0 Å². The molecule has 0 aliphatic heterocycles. The monoisotopic (exact) mass is 189 g/mol. The van der Waals surface area contributed by atoms with Crippen molar-refractivity contribution in [1.82, 2.24) is 4.98 Å². The van der Waals surface area contributed by atoms with Crippen LogP contribution in [-0.2, 0) is 0 Å². The van der Waals surface area contributed by atoms with E-state index in [-0.39, 0.29) is 0 Å². The molecule has 0 atom stereocenters. The van der Waals surface area contributed by atoms with Crippen molar-refractivity contribution in [2.45, 2.75) is 0 Å². The molecule has 2 N–H and O–H groups in total. The maximum absolute atomic E-state index is 11.5. The highest BCUT2D eigenvalue weighted by Gasteiger charge is 2.01. The molecule has 0 radical (unpaired) electrons. The van der Waals surface area contributed by atoms with Crippen LogP contribution in [0.15, 0.2) is 39.9 Å². The summed E-state index contributed by atoms with van der Waals surface area (Å²) in [6, 6.07) is 7.41. The fourth-order valence-electron chi connectivity index (χ4n) is 1.29. The Bertz CT molecular complexity index is 601. The smallest absolute Gasteiger partial charge is 0.252 e. The fourth-order valence-corrected chi connectivity index (χ4v) is 1.29. The van der Waals surface area contributed by atoms with E-state index in [9.17, 15) is 14.7 Å². The number of benzene rings is 1. The number of aromatic amines is 1. The molecule has 1 aromatic carbocycles. The first-order chi connectivity index (χ1) is 6.68. The van der Waals surface area contributed by atoms with Gasteiger partial charge in [-0.15, -0.1) is 0 Å². The van der Waals surface area contributed by atoms with Gasteiger partial charge in [-0.1, -0.05) is 12.1 Å². The van der Waals surface area contributed by atoms with Gasteiger partial charge in [0.1, 0.15) is 0 Å². The van der Waals surface area contributed by atoms with Gasteiger partial charge in [0.15, 0.2) is 5.75 Å². The second-order valence-electron chi connectivity index (χ2n) is 2.89. The van der Waals surface area contributed by atoms with Gasteiger partial charge >= 0.3 is 0 Å². The number of fused-ring (bicyclic) bond motifs is 1. The normalized spacial score (nSPS) is 10.3. The maximum Gasteiger partial charge on any atom is 0.252 e. The predicted octanol–water partition coefficient (Wildman–Crippen LogP) is 0.594. The van der Waals surface area contributed by atoms with Gasteiger partial charge in [0, 0.05) is 11.5 Å². The average Bonchev–Trinajstić information content (AvgIpc) is 2.26. The first-order valence-electron chi connectivity index (χ1n) is 4.04. The Balaban J connectivity index is 3.16. The van der Waals surface area contributed by atoms with E-state index in [1.54, 1.807) is 24.3 Å². The Morgan fingerprint density at radius 1 is 1.14 bits per heavy atom. The molecule has 1 aromatic heterocycles. The molecule has 0 saturated carbocycles. The van der Waals surface area contributed by atoms with Gasteiger partial charge in [-0.2, -0.15) is 0 Å². The van der Waals surface area contributed by atoms with E-state index in [4.69, 9.17) is 0 Å². The van der Waals surface area contributed by atoms with Crippen molar-refractivity contribution in [3.05, 3.63) is 50.9 Å². The average molecular weight is 189 g/mol. The molecule has 0 amide bonds. The van der Waals surface area contributed by atoms with E-state index in [1.165, 1.54) is 0 Å². The Labute approximate surface area is 78.5 Å². The molecular weight excluding hydrogens is 182 g/mol. The van der Waals surface area contributed by atoms with E-state index in [0.29, 0.717) is 10.9 Å². The molecule has 0 saturated heterocycles. The van der Waals surface area contributed by atoms with E-state index in [0.717, 1.165) is 6.07 Å². The summed E-state index contributed by atoms with van der Waals surface area (Å²) in [6.07, 6.45) is 0. The lowest BCUT2D eigenvalue weighted by Crippen LogP contribution is -1.98. The highest BCUT2D eigenvalue weighted by Crippen LogP contribution is 2.05. The molecule has 1 heterocycles. The zero-order chi connectivity index (χ0) is 10.1. The minimum absolute atomic E-state index is 0.298. The van der Waals surface area contributed by atoms with E-state index < -0.39 is 16.7 Å². The van der Waals surface area contributed by atoms with Crippen LogP contribution in [0, 0.1) is 0 Å². The number of hydrogen-bond acceptors (Lipinski definition) is 3. The number of hydrogen-bond donors (Lipinski definition) is 2. The summed E-state index contributed by atoms with van der Waals surface area (Å²) in [5, 5.41) is 9.52. The number of nitrogens with one attached hydrogen (secondary N) is 1. The van der Waals surface area contributed by atoms with Crippen molar-refractivity contribution in [3.63, 3.8) is 0 Å². The molecule has 14 heavy (non-hydrogen) atoms. The van der Waals surface area contributed by atoms with Crippen LogP contribution in [0.5, 0.6) is 5.75 Å². The van der Waals surface area contributed by atoms with Gasteiger partial charge in [-0.05, 0) is 12.1 Å².